The molecule has 0 aromatic carbocycles. The summed E-state index contributed by atoms with van der Waals surface area (Å²) in [5.41, 5.74) is -0.240. The molecule has 0 aliphatic rings. The zero-order valence-electron chi connectivity index (χ0n) is 12.1. The van der Waals surface area contributed by atoms with Crippen molar-refractivity contribution >= 4 is 5.91 Å². The topological polar surface area (TPSA) is 50.4 Å². The molecule has 0 aliphatic heterocycles. The molecule has 0 rings (SSSR count). The van der Waals surface area contributed by atoms with E-state index in [4.69, 9.17) is 4.74 Å². The van der Waals surface area contributed by atoms with Crippen LogP contribution in [0.2, 0.25) is 0 Å². The summed E-state index contributed by atoms with van der Waals surface area (Å²) in [5, 5.41) is 6.19. The van der Waals surface area contributed by atoms with E-state index in [-0.39, 0.29) is 17.0 Å². The average molecular weight is 244 g/mol. The lowest BCUT2D eigenvalue weighted by Gasteiger charge is -2.23. The van der Waals surface area contributed by atoms with Crippen molar-refractivity contribution in [2.45, 2.75) is 58.6 Å². The Bertz CT molecular complexity index is 232. The molecule has 0 saturated heterocycles. The second-order valence-electron chi connectivity index (χ2n) is 6.01. The van der Waals surface area contributed by atoms with E-state index in [0.717, 1.165) is 13.0 Å². The second-order valence-corrected chi connectivity index (χ2v) is 6.01. The summed E-state index contributed by atoms with van der Waals surface area (Å²) in [7, 11) is 1.72. The van der Waals surface area contributed by atoms with E-state index in [9.17, 15) is 4.79 Å². The molecule has 0 unspecified atom stereocenters. The Kier molecular flexibility index (Phi) is 6.72. The molecule has 17 heavy (non-hydrogen) atoms. The van der Waals surface area contributed by atoms with Gasteiger partial charge in [0.25, 0.3) is 0 Å². The molecular formula is C13H28N2O2. The lowest BCUT2D eigenvalue weighted by molar-refractivity contribution is -0.122. The van der Waals surface area contributed by atoms with Crippen LogP contribution in [0, 0.1) is 0 Å². The molecule has 1 amide bonds. The molecule has 0 aromatic rings. The molecule has 0 saturated carbocycles. The minimum atomic E-state index is -0.144. The van der Waals surface area contributed by atoms with Crippen LogP contribution in [0.25, 0.3) is 0 Å². The summed E-state index contributed by atoms with van der Waals surface area (Å²) in [5.74, 6) is 0.0935. The largest absolute Gasteiger partial charge is 0.379 e. The molecule has 0 spiro atoms. The summed E-state index contributed by atoms with van der Waals surface area (Å²) in [6.45, 7) is 11.6. The quantitative estimate of drug-likeness (QED) is 0.670. The maximum Gasteiger partial charge on any atom is 0.221 e. The average Bonchev–Trinajstić information content (AvgIpc) is 2.14. The van der Waals surface area contributed by atoms with Crippen molar-refractivity contribution in [1.82, 2.24) is 10.6 Å². The number of hydrogen-bond acceptors (Lipinski definition) is 3. The summed E-state index contributed by atoms with van der Waals surface area (Å²) >= 11 is 0. The number of hydrogen-bond donors (Lipinski definition) is 2. The zero-order chi connectivity index (χ0) is 13.5. The third-order valence-electron chi connectivity index (χ3n) is 2.50. The fourth-order valence-electron chi connectivity index (χ4n) is 1.30. The van der Waals surface area contributed by atoms with Gasteiger partial charge in [-0.2, -0.15) is 0 Å². The number of ether oxygens (including phenoxy) is 1. The Morgan fingerprint density at radius 3 is 2.18 bits per heavy atom. The van der Waals surface area contributed by atoms with E-state index in [1.54, 1.807) is 7.11 Å². The maximum absolute atomic E-state index is 11.5. The highest BCUT2D eigenvalue weighted by Gasteiger charge is 2.15. The Morgan fingerprint density at radius 1 is 1.12 bits per heavy atom. The number of carbonyl (C=O) groups excluding carboxylic acids is 1. The van der Waals surface area contributed by atoms with Crippen molar-refractivity contribution in [3.63, 3.8) is 0 Å². The third kappa shape index (κ3) is 10.3. The molecule has 102 valence electrons. The molecule has 0 radical (unpaired) electrons. The van der Waals surface area contributed by atoms with Crippen LogP contribution in [0.4, 0.5) is 0 Å². The van der Waals surface area contributed by atoms with E-state index in [0.29, 0.717) is 13.0 Å². The smallest absolute Gasteiger partial charge is 0.221 e. The first-order valence-corrected chi connectivity index (χ1v) is 6.23. The highest BCUT2D eigenvalue weighted by atomic mass is 16.5. The lowest BCUT2D eigenvalue weighted by Crippen LogP contribution is -2.41. The lowest BCUT2D eigenvalue weighted by atomic mass is 10.1. The third-order valence-corrected chi connectivity index (χ3v) is 2.50. The van der Waals surface area contributed by atoms with Gasteiger partial charge in [-0.15, -0.1) is 0 Å². The summed E-state index contributed by atoms with van der Waals surface area (Å²) in [6, 6.07) is 0. The SMILES string of the molecule is COC(C)(C)CCNCCC(=O)NC(C)(C)C. The van der Waals surface area contributed by atoms with Crippen molar-refractivity contribution in [3.05, 3.63) is 0 Å². The fourth-order valence-corrected chi connectivity index (χ4v) is 1.30. The van der Waals surface area contributed by atoms with Gasteiger partial charge >= 0.3 is 0 Å². The molecule has 0 atom stereocenters. The molecule has 0 aromatic heterocycles. The van der Waals surface area contributed by atoms with Gasteiger partial charge in [-0.3, -0.25) is 4.79 Å². The fraction of sp³-hybridized carbons (Fsp3) is 0.923. The number of nitrogens with one attached hydrogen (secondary N) is 2. The molecule has 4 nitrogen and oxygen atoms in total. The van der Waals surface area contributed by atoms with Crippen LogP contribution in [0.3, 0.4) is 0 Å². The number of methoxy groups -OCH3 is 1. The summed E-state index contributed by atoms with van der Waals surface area (Å²) in [6.07, 6.45) is 1.45. The van der Waals surface area contributed by atoms with Gasteiger partial charge in [-0.25, -0.2) is 0 Å². The van der Waals surface area contributed by atoms with Crippen LogP contribution in [0.1, 0.15) is 47.5 Å². The number of rotatable bonds is 7. The van der Waals surface area contributed by atoms with Crippen molar-refractivity contribution in [3.8, 4) is 0 Å². The molecule has 0 aliphatic carbocycles. The molecule has 4 heteroatoms. The first-order valence-electron chi connectivity index (χ1n) is 6.23. The van der Waals surface area contributed by atoms with E-state index >= 15 is 0 Å². The van der Waals surface area contributed by atoms with Crippen LogP contribution in [0.5, 0.6) is 0 Å². The van der Waals surface area contributed by atoms with Gasteiger partial charge in [0.05, 0.1) is 5.60 Å². The van der Waals surface area contributed by atoms with Gasteiger partial charge < -0.3 is 15.4 Å². The van der Waals surface area contributed by atoms with E-state index in [1.807, 2.05) is 20.8 Å². The molecule has 0 heterocycles. The van der Waals surface area contributed by atoms with Crippen LogP contribution in [0.15, 0.2) is 0 Å². The van der Waals surface area contributed by atoms with Gasteiger partial charge in [0.1, 0.15) is 0 Å². The van der Waals surface area contributed by atoms with Crippen LogP contribution in [-0.2, 0) is 9.53 Å². The highest BCUT2D eigenvalue weighted by molar-refractivity contribution is 5.76. The standard InChI is InChI=1S/C13H28N2O2/c1-12(2,3)15-11(16)7-9-14-10-8-13(4,5)17-6/h14H,7-10H2,1-6H3,(H,15,16). The Labute approximate surface area is 105 Å². The van der Waals surface area contributed by atoms with Crippen molar-refractivity contribution in [2.24, 2.45) is 0 Å². The van der Waals surface area contributed by atoms with Gasteiger partial charge in [-0.05, 0) is 47.6 Å². The second kappa shape index (κ2) is 6.97. The summed E-state index contributed by atoms with van der Waals surface area (Å²) < 4.78 is 5.31. The van der Waals surface area contributed by atoms with Crippen molar-refractivity contribution in [1.29, 1.82) is 0 Å². The first-order chi connectivity index (χ1) is 7.66. The normalized spacial score (nSPS) is 12.6. The first kappa shape index (κ1) is 16.4. The van der Waals surface area contributed by atoms with Gasteiger partial charge in [0.2, 0.25) is 5.91 Å². The van der Waals surface area contributed by atoms with E-state index < -0.39 is 0 Å². The molecule has 0 fully saturated rings. The van der Waals surface area contributed by atoms with Gasteiger partial charge in [0.15, 0.2) is 0 Å². The van der Waals surface area contributed by atoms with Crippen LogP contribution in [-0.4, -0.2) is 37.2 Å². The summed E-state index contributed by atoms with van der Waals surface area (Å²) in [4.78, 5) is 11.5. The zero-order valence-corrected chi connectivity index (χ0v) is 12.1. The van der Waals surface area contributed by atoms with Crippen molar-refractivity contribution in [2.75, 3.05) is 20.2 Å². The van der Waals surface area contributed by atoms with Crippen molar-refractivity contribution < 1.29 is 9.53 Å². The highest BCUT2D eigenvalue weighted by Crippen LogP contribution is 2.11. The van der Waals surface area contributed by atoms with Crippen LogP contribution < -0.4 is 10.6 Å². The van der Waals surface area contributed by atoms with Gasteiger partial charge in [-0.1, -0.05) is 0 Å². The Balaban J connectivity index is 3.56. The molecule has 0 bridgehead atoms. The Hall–Kier alpha value is -0.610. The predicted molar refractivity (Wildman–Crippen MR) is 71.1 cm³/mol. The number of amides is 1. The van der Waals surface area contributed by atoms with Gasteiger partial charge in [0, 0.05) is 25.6 Å². The Morgan fingerprint density at radius 2 is 1.71 bits per heavy atom. The molecule has 2 N–H and O–H groups in total. The maximum atomic E-state index is 11.5. The van der Waals surface area contributed by atoms with E-state index in [2.05, 4.69) is 24.5 Å². The minimum Gasteiger partial charge on any atom is -0.379 e. The molecular weight excluding hydrogens is 216 g/mol. The number of carbonyl (C=O) groups is 1. The predicted octanol–water partition coefficient (Wildman–Crippen LogP) is 1.70. The van der Waals surface area contributed by atoms with Crippen LogP contribution >= 0.6 is 0 Å². The minimum absolute atomic E-state index is 0.0935. The monoisotopic (exact) mass is 244 g/mol. The van der Waals surface area contributed by atoms with E-state index in [1.165, 1.54) is 0 Å².